The number of rotatable bonds is 7. The van der Waals surface area contributed by atoms with Crippen LogP contribution in [0, 0.1) is 0 Å². The van der Waals surface area contributed by atoms with Crippen LogP contribution in [-0.4, -0.2) is 78.0 Å². The van der Waals surface area contributed by atoms with Gasteiger partial charge in [-0.1, -0.05) is 29.8 Å². The molecular formula is C30H32ClF3N4O2. The summed E-state index contributed by atoms with van der Waals surface area (Å²) >= 11 is 6.08. The van der Waals surface area contributed by atoms with Gasteiger partial charge in [0.2, 0.25) is 0 Å². The van der Waals surface area contributed by atoms with E-state index in [-0.39, 0.29) is 17.4 Å². The Morgan fingerprint density at radius 2 is 1.82 bits per heavy atom. The Hall–Kier alpha value is -3.14. The van der Waals surface area contributed by atoms with Gasteiger partial charge in [-0.3, -0.25) is 19.6 Å². The van der Waals surface area contributed by atoms with E-state index in [1.165, 1.54) is 24.4 Å². The monoisotopic (exact) mass is 572 g/mol. The molecule has 2 aliphatic heterocycles. The fraction of sp³-hybridized carbons (Fsp3) is 0.400. The van der Waals surface area contributed by atoms with E-state index in [0.717, 1.165) is 50.3 Å². The average molecular weight is 573 g/mol. The Morgan fingerprint density at radius 3 is 2.58 bits per heavy atom. The normalized spacial score (nSPS) is 18.4. The van der Waals surface area contributed by atoms with Gasteiger partial charge in [0.05, 0.1) is 12.7 Å². The quantitative estimate of drug-likeness (QED) is 0.390. The molecule has 6 nitrogen and oxygen atoms in total. The Kier molecular flexibility index (Phi) is 8.63. The van der Waals surface area contributed by atoms with Gasteiger partial charge in [0.25, 0.3) is 5.91 Å². The smallest absolute Gasteiger partial charge is 0.416 e. The molecule has 40 heavy (non-hydrogen) atoms. The van der Waals surface area contributed by atoms with Crippen LogP contribution in [-0.2, 0) is 25.6 Å². The van der Waals surface area contributed by atoms with Gasteiger partial charge in [0.1, 0.15) is 5.75 Å². The van der Waals surface area contributed by atoms with Crippen LogP contribution in [0.15, 0.2) is 60.8 Å². The second kappa shape index (κ2) is 12.2. The zero-order valence-corrected chi connectivity index (χ0v) is 23.1. The van der Waals surface area contributed by atoms with Gasteiger partial charge in [0, 0.05) is 80.8 Å². The van der Waals surface area contributed by atoms with E-state index >= 15 is 0 Å². The van der Waals surface area contributed by atoms with Crippen LogP contribution in [0.3, 0.4) is 0 Å². The third kappa shape index (κ3) is 6.77. The van der Waals surface area contributed by atoms with Crippen molar-refractivity contribution in [1.29, 1.82) is 0 Å². The summed E-state index contributed by atoms with van der Waals surface area (Å²) in [6.07, 6.45) is -1.25. The predicted molar refractivity (Wildman–Crippen MR) is 148 cm³/mol. The molecule has 0 aliphatic carbocycles. The van der Waals surface area contributed by atoms with Crippen molar-refractivity contribution in [2.24, 2.45) is 0 Å². The van der Waals surface area contributed by atoms with E-state index < -0.39 is 17.6 Å². The molecule has 3 heterocycles. The van der Waals surface area contributed by atoms with Gasteiger partial charge in [0.15, 0.2) is 0 Å². The maximum absolute atomic E-state index is 13.7. The van der Waals surface area contributed by atoms with E-state index in [4.69, 9.17) is 16.3 Å². The van der Waals surface area contributed by atoms with Crippen molar-refractivity contribution in [3.63, 3.8) is 0 Å². The highest BCUT2D eigenvalue weighted by molar-refractivity contribution is 6.30. The van der Waals surface area contributed by atoms with Gasteiger partial charge in [-0.15, -0.1) is 0 Å². The number of amides is 1. The third-order valence-electron chi connectivity index (χ3n) is 7.70. The number of methoxy groups -OCH3 is 1. The molecule has 2 aliphatic rings. The molecule has 5 rings (SSSR count). The van der Waals surface area contributed by atoms with Crippen molar-refractivity contribution in [3.8, 4) is 5.75 Å². The minimum Gasteiger partial charge on any atom is -0.497 e. The van der Waals surface area contributed by atoms with Crippen molar-refractivity contribution < 1.29 is 22.7 Å². The molecule has 3 aromatic rings. The van der Waals surface area contributed by atoms with Crippen molar-refractivity contribution in [3.05, 3.63) is 93.8 Å². The fourth-order valence-electron chi connectivity index (χ4n) is 5.53. The van der Waals surface area contributed by atoms with Crippen molar-refractivity contribution in [2.45, 2.75) is 31.6 Å². The van der Waals surface area contributed by atoms with E-state index in [2.05, 4.69) is 20.9 Å². The number of alkyl halides is 3. The number of carbonyl (C=O) groups is 1. The molecule has 0 radical (unpaired) electrons. The van der Waals surface area contributed by atoms with Crippen LogP contribution in [0.2, 0.25) is 5.02 Å². The molecular weight excluding hydrogens is 541 g/mol. The number of hydrogen-bond acceptors (Lipinski definition) is 5. The Morgan fingerprint density at radius 1 is 1.05 bits per heavy atom. The molecule has 212 valence electrons. The summed E-state index contributed by atoms with van der Waals surface area (Å²) < 4.78 is 45.7. The highest BCUT2D eigenvalue weighted by atomic mass is 35.5. The van der Waals surface area contributed by atoms with Gasteiger partial charge >= 0.3 is 6.18 Å². The average Bonchev–Trinajstić information content (AvgIpc) is 2.96. The molecule has 0 bridgehead atoms. The van der Waals surface area contributed by atoms with Crippen molar-refractivity contribution in [1.82, 2.24) is 19.7 Å². The third-order valence-corrected chi connectivity index (χ3v) is 7.96. The van der Waals surface area contributed by atoms with Crippen LogP contribution < -0.4 is 4.74 Å². The molecule has 0 N–H and O–H groups in total. The first-order valence-electron chi connectivity index (χ1n) is 13.4. The number of piperazine rings is 1. The van der Waals surface area contributed by atoms with E-state index in [1.54, 1.807) is 4.90 Å². The van der Waals surface area contributed by atoms with Gasteiger partial charge in [-0.2, -0.15) is 13.2 Å². The number of aromatic nitrogens is 1. The molecule has 1 fully saturated rings. The zero-order valence-electron chi connectivity index (χ0n) is 22.3. The molecule has 10 heteroatoms. The zero-order chi connectivity index (χ0) is 28.3. The Labute approximate surface area is 237 Å². The number of fused-ring (bicyclic) bond motifs is 1. The Balaban J connectivity index is 1.32. The largest absolute Gasteiger partial charge is 0.497 e. The van der Waals surface area contributed by atoms with Gasteiger partial charge in [-0.25, -0.2) is 0 Å². The summed E-state index contributed by atoms with van der Waals surface area (Å²) in [6, 6.07) is 14.6. The maximum atomic E-state index is 13.7. The predicted octanol–water partition coefficient (Wildman–Crippen LogP) is 5.19. The molecule has 0 spiro atoms. The van der Waals surface area contributed by atoms with Crippen LogP contribution in [0.5, 0.6) is 5.75 Å². The molecule has 1 amide bonds. The highest BCUT2D eigenvalue weighted by Gasteiger charge is 2.35. The SMILES string of the molecule is COc1cc(C(=O)N2CCN(CCN3CCc4ncccc4C3)C[C@H]2Cc2ccc(Cl)cc2)cc(C(F)(F)F)c1. The molecule has 1 aromatic heterocycles. The lowest BCUT2D eigenvalue weighted by Gasteiger charge is -2.42. The van der Waals surface area contributed by atoms with Crippen LogP contribution in [0.4, 0.5) is 13.2 Å². The highest BCUT2D eigenvalue weighted by Crippen LogP contribution is 2.33. The summed E-state index contributed by atoms with van der Waals surface area (Å²) in [5.74, 6) is -0.424. The second-order valence-electron chi connectivity index (χ2n) is 10.4. The molecule has 1 atom stereocenters. The number of halogens is 4. The summed E-state index contributed by atoms with van der Waals surface area (Å²) in [5.41, 5.74) is 2.51. The molecule has 0 unspecified atom stereocenters. The number of benzene rings is 2. The topological polar surface area (TPSA) is 48.9 Å². The second-order valence-corrected chi connectivity index (χ2v) is 10.8. The van der Waals surface area contributed by atoms with Crippen LogP contribution in [0.25, 0.3) is 0 Å². The first-order chi connectivity index (χ1) is 19.2. The molecule has 0 saturated carbocycles. The first-order valence-corrected chi connectivity index (χ1v) is 13.8. The van der Waals surface area contributed by atoms with Crippen molar-refractivity contribution >= 4 is 17.5 Å². The summed E-state index contributed by atoms with van der Waals surface area (Å²) in [6.45, 7) is 5.23. The molecule has 1 saturated heterocycles. The van der Waals surface area contributed by atoms with Gasteiger partial charge < -0.3 is 9.64 Å². The van der Waals surface area contributed by atoms with Crippen LogP contribution >= 0.6 is 11.6 Å². The summed E-state index contributed by atoms with van der Waals surface area (Å²) in [5, 5.41) is 0.622. The van der Waals surface area contributed by atoms with Crippen LogP contribution in [0.1, 0.15) is 32.7 Å². The fourth-order valence-corrected chi connectivity index (χ4v) is 5.65. The minimum atomic E-state index is -4.59. The van der Waals surface area contributed by atoms with E-state index in [0.29, 0.717) is 31.1 Å². The number of hydrogen-bond donors (Lipinski definition) is 0. The standard InChI is InChI=1S/C30H32ClF3N4O2/c1-40-27-17-23(16-24(18-27)30(32,33)34)29(39)38-14-13-37(20-26(38)15-21-4-6-25(31)7-5-21)12-11-36-10-8-28-22(19-36)3-2-9-35-28/h2-7,9,16-18,26H,8,10-15,19-20H2,1H3/t26-/m1/s1. The minimum absolute atomic E-state index is 0.00404. The molecule has 2 aromatic carbocycles. The van der Waals surface area contributed by atoms with E-state index in [9.17, 15) is 18.0 Å². The Bertz CT molecular complexity index is 1340. The maximum Gasteiger partial charge on any atom is 0.416 e. The summed E-state index contributed by atoms with van der Waals surface area (Å²) in [4.78, 5) is 24.6. The first kappa shape index (κ1) is 28.4. The van der Waals surface area contributed by atoms with Gasteiger partial charge in [-0.05, 0) is 53.9 Å². The number of ether oxygens (including phenoxy) is 1. The number of carbonyl (C=O) groups excluding carboxylic acids is 1. The van der Waals surface area contributed by atoms with E-state index in [1.807, 2.05) is 36.5 Å². The summed E-state index contributed by atoms with van der Waals surface area (Å²) in [7, 11) is 1.29. The lowest BCUT2D eigenvalue weighted by atomic mass is 10.00. The lowest BCUT2D eigenvalue weighted by Crippen LogP contribution is -2.57. The lowest BCUT2D eigenvalue weighted by molar-refractivity contribution is -0.137. The van der Waals surface area contributed by atoms with Crippen molar-refractivity contribution in [2.75, 3.05) is 46.4 Å². The number of pyridine rings is 1. The number of nitrogens with zero attached hydrogens (tertiary/aromatic N) is 4.